The number of rotatable bonds is 5. The average Bonchev–Trinajstić information content (AvgIpc) is 3.46. The van der Waals surface area contributed by atoms with Gasteiger partial charge in [-0.25, -0.2) is 4.79 Å². The number of carbonyl (C=O) groups excluding carboxylic acids is 4. The minimum Gasteiger partial charge on any atom is -0.454 e. The minimum atomic E-state index is -0.633. The molecule has 3 aliphatic rings. The largest absolute Gasteiger partial charge is 0.454 e. The molecule has 1 saturated heterocycles. The van der Waals surface area contributed by atoms with Crippen molar-refractivity contribution in [2.24, 2.45) is 23.7 Å². The SMILES string of the molecule is O=C(COC(=O)c1ccc(N2C(=O)[C@H]3[C@@H]4CC[C@@H](C4)[C@@H]3C2=O)cc1)c1ccc(Br)cc1. The summed E-state index contributed by atoms with van der Waals surface area (Å²) in [5.41, 5.74) is 1.19. The number of ether oxygens (including phenoxy) is 1. The molecule has 158 valence electrons. The number of anilines is 1. The highest BCUT2D eigenvalue weighted by Crippen LogP contribution is 2.56. The van der Waals surface area contributed by atoms with E-state index >= 15 is 0 Å². The number of hydrogen-bond acceptors (Lipinski definition) is 5. The summed E-state index contributed by atoms with van der Waals surface area (Å²) in [4.78, 5) is 51.6. The van der Waals surface area contributed by atoms with E-state index in [0.29, 0.717) is 23.1 Å². The van der Waals surface area contributed by atoms with Gasteiger partial charge in [-0.2, -0.15) is 0 Å². The first kappa shape index (κ1) is 20.1. The first-order valence-electron chi connectivity index (χ1n) is 10.4. The molecule has 2 aliphatic carbocycles. The predicted molar refractivity (Wildman–Crippen MR) is 116 cm³/mol. The molecular weight excluding hydrogens is 462 g/mol. The number of esters is 1. The van der Waals surface area contributed by atoms with Crippen molar-refractivity contribution < 1.29 is 23.9 Å². The number of ketones is 1. The van der Waals surface area contributed by atoms with E-state index in [1.807, 2.05) is 0 Å². The molecule has 1 aliphatic heterocycles. The van der Waals surface area contributed by atoms with Gasteiger partial charge in [0.05, 0.1) is 23.1 Å². The van der Waals surface area contributed by atoms with Crippen molar-refractivity contribution in [3.63, 3.8) is 0 Å². The van der Waals surface area contributed by atoms with Gasteiger partial charge in [-0.1, -0.05) is 28.1 Å². The van der Waals surface area contributed by atoms with Gasteiger partial charge in [-0.15, -0.1) is 0 Å². The predicted octanol–water partition coefficient (Wildman–Crippen LogP) is 4.02. The van der Waals surface area contributed by atoms with Crippen molar-refractivity contribution in [3.8, 4) is 0 Å². The van der Waals surface area contributed by atoms with E-state index in [-0.39, 0.29) is 41.6 Å². The van der Waals surface area contributed by atoms with Crippen molar-refractivity contribution in [2.45, 2.75) is 19.3 Å². The van der Waals surface area contributed by atoms with Crippen LogP contribution in [0.15, 0.2) is 53.0 Å². The topological polar surface area (TPSA) is 80.8 Å². The lowest BCUT2D eigenvalue weighted by molar-refractivity contribution is -0.123. The third-order valence-corrected chi connectivity index (χ3v) is 7.32. The zero-order valence-electron chi connectivity index (χ0n) is 16.6. The molecule has 2 bridgehead atoms. The van der Waals surface area contributed by atoms with Gasteiger partial charge < -0.3 is 4.74 Å². The smallest absolute Gasteiger partial charge is 0.338 e. The van der Waals surface area contributed by atoms with E-state index in [0.717, 1.165) is 23.7 Å². The number of hydrogen-bond donors (Lipinski definition) is 0. The zero-order chi connectivity index (χ0) is 21.7. The Bertz CT molecular complexity index is 1050. The molecule has 0 aromatic heterocycles. The van der Waals surface area contributed by atoms with Gasteiger partial charge >= 0.3 is 5.97 Å². The third-order valence-electron chi connectivity index (χ3n) is 6.79. The summed E-state index contributed by atoms with van der Waals surface area (Å²) >= 11 is 3.31. The Morgan fingerprint density at radius 2 is 1.42 bits per heavy atom. The van der Waals surface area contributed by atoms with Crippen molar-refractivity contribution in [1.29, 1.82) is 0 Å². The summed E-state index contributed by atoms with van der Waals surface area (Å²) in [6, 6.07) is 13.0. The van der Waals surface area contributed by atoms with E-state index in [2.05, 4.69) is 15.9 Å². The highest BCUT2D eigenvalue weighted by Gasteiger charge is 2.61. The number of halogens is 1. The highest BCUT2D eigenvalue weighted by molar-refractivity contribution is 9.10. The monoisotopic (exact) mass is 481 g/mol. The first-order chi connectivity index (χ1) is 14.9. The lowest BCUT2D eigenvalue weighted by atomic mass is 9.81. The lowest BCUT2D eigenvalue weighted by Gasteiger charge is -2.19. The van der Waals surface area contributed by atoms with Gasteiger partial charge in [-0.3, -0.25) is 19.3 Å². The second-order valence-corrected chi connectivity index (χ2v) is 9.37. The molecule has 2 amide bonds. The van der Waals surface area contributed by atoms with E-state index in [1.165, 1.54) is 17.0 Å². The summed E-state index contributed by atoms with van der Waals surface area (Å²) in [5.74, 6) is -0.864. The van der Waals surface area contributed by atoms with Crippen LogP contribution in [0.25, 0.3) is 0 Å². The highest BCUT2D eigenvalue weighted by atomic mass is 79.9. The number of carbonyl (C=O) groups is 4. The molecule has 0 radical (unpaired) electrons. The van der Waals surface area contributed by atoms with Crippen molar-refractivity contribution >= 4 is 45.2 Å². The minimum absolute atomic E-state index is 0.113. The summed E-state index contributed by atoms with van der Waals surface area (Å²) in [7, 11) is 0. The van der Waals surface area contributed by atoms with Crippen LogP contribution in [0, 0.1) is 23.7 Å². The number of benzene rings is 2. The maximum atomic E-state index is 12.9. The van der Waals surface area contributed by atoms with Gasteiger partial charge in [0.2, 0.25) is 11.8 Å². The molecular formula is C24H20BrNO5. The summed E-state index contributed by atoms with van der Waals surface area (Å²) in [5, 5.41) is 0. The normalized spacial score (nSPS) is 26.3. The van der Waals surface area contributed by atoms with Gasteiger partial charge in [0, 0.05) is 10.0 Å². The fourth-order valence-electron chi connectivity index (χ4n) is 5.34. The van der Waals surface area contributed by atoms with Gasteiger partial charge in [0.1, 0.15) is 0 Å². The van der Waals surface area contributed by atoms with E-state index < -0.39 is 5.97 Å². The molecule has 7 heteroatoms. The Hall–Kier alpha value is -2.80. The van der Waals surface area contributed by atoms with Crippen LogP contribution in [-0.4, -0.2) is 30.2 Å². The number of fused-ring (bicyclic) bond motifs is 5. The van der Waals surface area contributed by atoms with E-state index in [9.17, 15) is 19.2 Å². The fourth-order valence-corrected chi connectivity index (χ4v) is 5.61. The second kappa shape index (κ2) is 7.71. The second-order valence-electron chi connectivity index (χ2n) is 8.45. The number of nitrogens with zero attached hydrogens (tertiary/aromatic N) is 1. The molecule has 4 atom stereocenters. The number of Topliss-reactive ketones (excluding diaryl/α,β-unsaturated/α-hetero) is 1. The molecule has 3 fully saturated rings. The average molecular weight is 482 g/mol. The van der Waals surface area contributed by atoms with Crippen LogP contribution in [0.1, 0.15) is 40.0 Å². The maximum Gasteiger partial charge on any atom is 0.338 e. The van der Waals surface area contributed by atoms with E-state index in [1.54, 1.807) is 36.4 Å². The summed E-state index contributed by atoms with van der Waals surface area (Å²) in [6.07, 6.45) is 3.05. The van der Waals surface area contributed by atoms with E-state index in [4.69, 9.17) is 4.74 Å². The molecule has 0 unspecified atom stereocenters. The molecule has 2 aromatic rings. The van der Waals surface area contributed by atoms with Crippen molar-refractivity contribution in [3.05, 3.63) is 64.1 Å². The van der Waals surface area contributed by atoms with Crippen LogP contribution in [-0.2, 0) is 14.3 Å². The Kier molecular flexibility index (Phi) is 5.01. The first-order valence-corrected chi connectivity index (χ1v) is 11.2. The molecule has 2 aromatic carbocycles. The standard InChI is InChI=1S/C24H20BrNO5/c25-17-7-3-13(4-8-17)19(27)12-31-24(30)14-5-9-18(10-6-14)26-22(28)20-15-1-2-16(11-15)21(20)23(26)29/h3-10,15-16,20-21H,1-2,11-12H2/t15-,16+,20-,21-/m0/s1. The zero-order valence-corrected chi connectivity index (χ0v) is 18.2. The van der Waals surface area contributed by atoms with Gasteiger partial charge in [0.25, 0.3) is 0 Å². The fraction of sp³-hybridized carbons (Fsp3) is 0.333. The molecule has 6 nitrogen and oxygen atoms in total. The van der Waals surface area contributed by atoms with Gasteiger partial charge in [-0.05, 0) is 67.5 Å². The van der Waals surface area contributed by atoms with Crippen molar-refractivity contribution in [1.82, 2.24) is 0 Å². The summed E-state index contributed by atoms with van der Waals surface area (Å²) < 4.78 is 5.99. The Balaban J connectivity index is 1.24. The molecule has 5 rings (SSSR count). The van der Waals surface area contributed by atoms with Crippen LogP contribution in [0.5, 0.6) is 0 Å². The van der Waals surface area contributed by atoms with Crippen LogP contribution < -0.4 is 4.90 Å². The van der Waals surface area contributed by atoms with Crippen LogP contribution >= 0.6 is 15.9 Å². The molecule has 0 N–H and O–H groups in total. The lowest BCUT2D eigenvalue weighted by Crippen LogP contribution is -2.32. The molecule has 1 heterocycles. The van der Waals surface area contributed by atoms with Crippen LogP contribution in [0.3, 0.4) is 0 Å². The number of imide groups is 1. The Labute approximate surface area is 187 Å². The Morgan fingerprint density at radius 1 is 0.871 bits per heavy atom. The van der Waals surface area contributed by atoms with Crippen LogP contribution in [0.4, 0.5) is 5.69 Å². The van der Waals surface area contributed by atoms with Crippen molar-refractivity contribution in [2.75, 3.05) is 11.5 Å². The van der Waals surface area contributed by atoms with Gasteiger partial charge in [0.15, 0.2) is 12.4 Å². The maximum absolute atomic E-state index is 12.9. The quantitative estimate of drug-likeness (QED) is 0.365. The Morgan fingerprint density at radius 3 is 2.00 bits per heavy atom. The van der Waals surface area contributed by atoms with Crippen LogP contribution in [0.2, 0.25) is 0 Å². The number of amides is 2. The molecule has 0 spiro atoms. The molecule has 2 saturated carbocycles. The third kappa shape index (κ3) is 3.41. The summed E-state index contributed by atoms with van der Waals surface area (Å²) in [6.45, 7) is -0.364. The molecule has 31 heavy (non-hydrogen) atoms.